The van der Waals surface area contributed by atoms with E-state index in [0.29, 0.717) is 5.56 Å². The van der Waals surface area contributed by atoms with E-state index >= 15 is 0 Å². The van der Waals surface area contributed by atoms with Crippen molar-refractivity contribution in [3.05, 3.63) is 65.7 Å². The molecule has 2 aromatic carbocycles. The van der Waals surface area contributed by atoms with E-state index in [0.717, 1.165) is 5.56 Å². The summed E-state index contributed by atoms with van der Waals surface area (Å²) in [5.74, 6) is -0.160. The molecule has 3 heteroatoms. The van der Waals surface area contributed by atoms with Crippen LogP contribution in [0.2, 0.25) is 0 Å². The van der Waals surface area contributed by atoms with Crippen molar-refractivity contribution < 1.29 is 14.6 Å². The highest BCUT2D eigenvalue weighted by Crippen LogP contribution is 2.41. The fraction of sp³-hybridized carbons (Fsp3) is 0.133. The van der Waals surface area contributed by atoms with Crippen LogP contribution in [0, 0.1) is 0 Å². The molecular formula is C15H12O3. The summed E-state index contributed by atoms with van der Waals surface area (Å²) in [6.07, 6.45) is -0.654. The van der Waals surface area contributed by atoms with Gasteiger partial charge in [-0.1, -0.05) is 42.5 Å². The summed E-state index contributed by atoms with van der Waals surface area (Å²) in [5.41, 5.74) is 1.31. The minimum absolute atomic E-state index is 0.00446. The highest BCUT2D eigenvalue weighted by Gasteiger charge is 2.46. The van der Waals surface area contributed by atoms with Crippen molar-refractivity contribution in [1.29, 1.82) is 0 Å². The summed E-state index contributed by atoms with van der Waals surface area (Å²) < 4.78 is 5.41. The molecule has 2 aromatic rings. The molecule has 90 valence electrons. The van der Waals surface area contributed by atoms with Gasteiger partial charge >= 0.3 is 0 Å². The molecule has 0 radical (unpaired) electrons. The lowest BCUT2D eigenvalue weighted by Gasteiger charge is -2.00. The molecule has 1 saturated heterocycles. The van der Waals surface area contributed by atoms with E-state index in [1.54, 1.807) is 18.2 Å². The maximum Gasteiger partial charge on any atom is 0.198 e. The number of aromatic hydroxyl groups is 1. The molecule has 1 fully saturated rings. The van der Waals surface area contributed by atoms with Crippen LogP contribution in [-0.4, -0.2) is 17.0 Å². The predicted octanol–water partition coefficient (Wildman–Crippen LogP) is 2.72. The Balaban J connectivity index is 1.80. The third-order valence-corrected chi connectivity index (χ3v) is 3.05. The van der Waals surface area contributed by atoms with Crippen LogP contribution in [0.15, 0.2) is 54.6 Å². The number of ketones is 1. The smallest absolute Gasteiger partial charge is 0.198 e. The van der Waals surface area contributed by atoms with Crippen molar-refractivity contribution in [3.8, 4) is 5.75 Å². The van der Waals surface area contributed by atoms with E-state index in [9.17, 15) is 9.90 Å². The van der Waals surface area contributed by atoms with Crippen LogP contribution in [0.1, 0.15) is 22.0 Å². The fourth-order valence-corrected chi connectivity index (χ4v) is 2.04. The molecule has 0 aliphatic carbocycles. The molecule has 0 amide bonds. The van der Waals surface area contributed by atoms with Gasteiger partial charge in [0.2, 0.25) is 0 Å². The minimum atomic E-state index is -0.472. The molecule has 0 saturated carbocycles. The van der Waals surface area contributed by atoms with Crippen LogP contribution >= 0.6 is 0 Å². The number of epoxide rings is 1. The van der Waals surface area contributed by atoms with Crippen LogP contribution < -0.4 is 0 Å². The summed E-state index contributed by atoms with van der Waals surface area (Å²) in [7, 11) is 0. The van der Waals surface area contributed by atoms with Gasteiger partial charge < -0.3 is 9.84 Å². The van der Waals surface area contributed by atoms with E-state index in [4.69, 9.17) is 4.74 Å². The topological polar surface area (TPSA) is 49.8 Å². The molecule has 3 rings (SSSR count). The number of rotatable bonds is 3. The van der Waals surface area contributed by atoms with E-state index in [-0.39, 0.29) is 17.6 Å². The number of para-hydroxylation sites is 1. The van der Waals surface area contributed by atoms with Crippen molar-refractivity contribution in [2.75, 3.05) is 0 Å². The van der Waals surface area contributed by atoms with Gasteiger partial charge in [-0.05, 0) is 17.7 Å². The maximum absolute atomic E-state index is 12.1. The Morgan fingerprint density at radius 3 is 2.39 bits per heavy atom. The summed E-state index contributed by atoms with van der Waals surface area (Å²) in [6.45, 7) is 0. The van der Waals surface area contributed by atoms with Gasteiger partial charge in [-0.15, -0.1) is 0 Å². The second-order valence-electron chi connectivity index (χ2n) is 4.27. The highest BCUT2D eigenvalue weighted by atomic mass is 16.6. The van der Waals surface area contributed by atoms with Crippen LogP contribution in [0.5, 0.6) is 5.75 Å². The molecule has 1 N–H and O–H groups in total. The van der Waals surface area contributed by atoms with Crippen molar-refractivity contribution in [2.24, 2.45) is 0 Å². The van der Waals surface area contributed by atoms with Gasteiger partial charge in [0.25, 0.3) is 0 Å². The van der Waals surface area contributed by atoms with Gasteiger partial charge in [0, 0.05) is 0 Å². The van der Waals surface area contributed by atoms with Gasteiger partial charge in [0.15, 0.2) is 11.9 Å². The molecule has 0 unspecified atom stereocenters. The normalized spacial score (nSPS) is 21.6. The lowest BCUT2D eigenvalue weighted by molar-refractivity contribution is 0.0951. The lowest BCUT2D eigenvalue weighted by Crippen LogP contribution is -2.08. The molecule has 1 aliphatic heterocycles. The van der Waals surface area contributed by atoms with Gasteiger partial charge in [-0.25, -0.2) is 0 Å². The van der Waals surface area contributed by atoms with E-state index in [2.05, 4.69) is 0 Å². The molecule has 18 heavy (non-hydrogen) atoms. The summed E-state index contributed by atoms with van der Waals surface area (Å²) in [5, 5.41) is 9.64. The second kappa shape index (κ2) is 4.27. The standard InChI is InChI=1S/C15H12O3/c16-12-9-5-4-8-11(12)13(17)15-14(18-15)10-6-2-1-3-7-10/h1-9,14-16H/t14-,15-/m0/s1. The zero-order valence-corrected chi connectivity index (χ0v) is 9.61. The first-order valence-corrected chi connectivity index (χ1v) is 5.80. The Bertz CT molecular complexity index is 577. The lowest BCUT2D eigenvalue weighted by atomic mass is 10.0. The van der Waals surface area contributed by atoms with E-state index in [1.165, 1.54) is 6.07 Å². The van der Waals surface area contributed by atoms with Crippen molar-refractivity contribution >= 4 is 5.78 Å². The third kappa shape index (κ3) is 1.89. The first kappa shape index (κ1) is 11.0. The summed E-state index contributed by atoms with van der Waals surface area (Å²) in [4.78, 5) is 12.1. The van der Waals surface area contributed by atoms with Crippen molar-refractivity contribution in [1.82, 2.24) is 0 Å². The van der Waals surface area contributed by atoms with Crippen molar-refractivity contribution in [2.45, 2.75) is 12.2 Å². The largest absolute Gasteiger partial charge is 0.507 e. The number of carbonyl (C=O) groups excluding carboxylic acids is 1. The zero-order chi connectivity index (χ0) is 12.5. The van der Waals surface area contributed by atoms with Crippen LogP contribution in [0.25, 0.3) is 0 Å². The molecule has 1 heterocycles. The summed E-state index contributed by atoms with van der Waals surface area (Å²) >= 11 is 0. The second-order valence-corrected chi connectivity index (χ2v) is 4.27. The zero-order valence-electron chi connectivity index (χ0n) is 9.61. The number of phenols is 1. The third-order valence-electron chi connectivity index (χ3n) is 3.05. The number of carbonyl (C=O) groups is 1. The molecule has 0 aromatic heterocycles. The highest BCUT2D eigenvalue weighted by molar-refractivity contribution is 6.03. The monoisotopic (exact) mass is 240 g/mol. The molecule has 3 nitrogen and oxygen atoms in total. The Hall–Kier alpha value is -2.13. The molecule has 2 atom stereocenters. The van der Waals surface area contributed by atoms with Gasteiger partial charge in [-0.3, -0.25) is 4.79 Å². The number of hydrogen-bond donors (Lipinski definition) is 1. The average Bonchev–Trinajstić information content (AvgIpc) is 3.20. The van der Waals surface area contributed by atoms with E-state index < -0.39 is 6.10 Å². The molecule has 0 spiro atoms. The summed E-state index contributed by atoms with van der Waals surface area (Å²) in [6, 6.07) is 16.2. The van der Waals surface area contributed by atoms with E-state index in [1.807, 2.05) is 30.3 Å². The van der Waals surface area contributed by atoms with Gasteiger partial charge in [-0.2, -0.15) is 0 Å². The SMILES string of the molecule is O=C(c1ccccc1O)[C@@H]1O[C@H]1c1ccccc1. The predicted molar refractivity (Wildman–Crippen MR) is 66.5 cm³/mol. The number of phenolic OH excluding ortho intramolecular Hbond substituents is 1. The van der Waals surface area contributed by atoms with Crippen LogP contribution in [-0.2, 0) is 4.74 Å². The Labute approximate surface area is 105 Å². The van der Waals surface area contributed by atoms with Gasteiger partial charge in [0.05, 0.1) is 5.56 Å². The molecule has 0 bridgehead atoms. The van der Waals surface area contributed by atoms with Gasteiger partial charge in [0.1, 0.15) is 11.9 Å². The number of benzene rings is 2. The van der Waals surface area contributed by atoms with Crippen LogP contribution in [0.4, 0.5) is 0 Å². The Morgan fingerprint density at radius 2 is 1.67 bits per heavy atom. The first-order valence-electron chi connectivity index (χ1n) is 5.80. The Kier molecular flexibility index (Phi) is 2.61. The fourth-order valence-electron chi connectivity index (χ4n) is 2.04. The number of ether oxygens (including phenoxy) is 1. The minimum Gasteiger partial charge on any atom is -0.507 e. The average molecular weight is 240 g/mol. The Morgan fingerprint density at radius 1 is 1.00 bits per heavy atom. The molecular weight excluding hydrogens is 228 g/mol. The number of hydrogen-bond acceptors (Lipinski definition) is 3. The maximum atomic E-state index is 12.1. The molecule has 1 aliphatic rings. The quantitative estimate of drug-likeness (QED) is 0.663. The van der Waals surface area contributed by atoms with Crippen molar-refractivity contribution in [3.63, 3.8) is 0 Å². The number of Topliss-reactive ketones (excluding diaryl/α,β-unsaturated/α-hetero) is 1. The first-order chi connectivity index (χ1) is 8.77. The van der Waals surface area contributed by atoms with Crippen LogP contribution in [0.3, 0.4) is 0 Å².